The summed E-state index contributed by atoms with van der Waals surface area (Å²) in [5.74, 6) is -0.0581. The number of hydrogen-bond donors (Lipinski definition) is 1. The van der Waals surface area contributed by atoms with Gasteiger partial charge in [-0.15, -0.1) is 0 Å². The van der Waals surface area contributed by atoms with Gasteiger partial charge in [0.15, 0.2) is 0 Å². The zero-order valence-electron chi connectivity index (χ0n) is 35.8. The molecule has 0 radical (unpaired) electrons. The van der Waals surface area contributed by atoms with Crippen LogP contribution < -0.4 is 0 Å². The standard InChI is InChI=1S/C46H91NO5/c1-6-9-12-15-18-19-20-23-32-41-51-44(49)35-28-24-30-37-47(39-40-48)38-31-25-29-36-46(4,5)42-45(50)52-43(33-26-21-16-13-10-7-2)34-27-22-17-14-11-8-3/h43,48H,6-42H2,1-5H3. The molecule has 0 atom stereocenters. The molecule has 0 aromatic heterocycles. The Morgan fingerprint density at radius 1 is 0.538 bits per heavy atom. The van der Waals surface area contributed by atoms with Crippen molar-refractivity contribution >= 4 is 11.9 Å². The van der Waals surface area contributed by atoms with Crippen molar-refractivity contribution in [2.75, 3.05) is 32.8 Å². The SMILES string of the molecule is CCCCCCCCCCCOC(=O)CCCCCN(CCO)CCCCCC(C)(C)CC(=O)OC(CCCCCCCC)CCCCCCCC. The summed E-state index contributed by atoms with van der Waals surface area (Å²) >= 11 is 0. The number of rotatable bonds is 41. The fourth-order valence-electron chi connectivity index (χ4n) is 7.32. The Bertz CT molecular complexity index is 756. The summed E-state index contributed by atoms with van der Waals surface area (Å²) in [6.45, 7) is 14.6. The Balaban J connectivity index is 4.20. The van der Waals surface area contributed by atoms with Crippen molar-refractivity contribution in [2.45, 2.75) is 246 Å². The molecule has 6 heteroatoms. The quantitative estimate of drug-likeness (QED) is 0.0497. The Morgan fingerprint density at radius 3 is 1.48 bits per heavy atom. The molecule has 0 spiro atoms. The number of aliphatic hydroxyl groups excluding tert-OH is 1. The molecule has 310 valence electrons. The Morgan fingerprint density at radius 2 is 0.981 bits per heavy atom. The first-order chi connectivity index (χ1) is 25.3. The first kappa shape index (κ1) is 50.9. The zero-order chi connectivity index (χ0) is 38.4. The Hall–Kier alpha value is -1.14. The molecule has 0 amide bonds. The molecule has 0 aliphatic heterocycles. The number of carbonyl (C=O) groups is 2. The van der Waals surface area contributed by atoms with Gasteiger partial charge in [0.25, 0.3) is 0 Å². The van der Waals surface area contributed by atoms with Gasteiger partial charge in [-0.05, 0) is 76.3 Å². The van der Waals surface area contributed by atoms with Crippen LogP contribution in [-0.2, 0) is 19.1 Å². The van der Waals surface area contributed by atoms with Gasteiger partial charge in [0.05, 0.1) is 19.6 Å². The third-order valence-corrected chi connectivity index (χ3v) is 10.8. The van der Waals surface area contributed by atoms with Crippen LogP contribution in [0.25, 0.3) is 0 Å². The number of esters is 2. The number of hydrogen-bond acceptors (Lipinski definition) is 6. The lowest BCUT2D eigenvalue weighted by Gasteiger charge is -2.26. The highest BCUT2D eigenvalue weighted by molar-refractivity contribution is 5.70. The van der Waals surface area contributed by atoms with E-state index in [0.29, 0.717) is 26.0 Å². The van der Waals surface area contributed by atoms with Crippen LogP contribution in [0, 0.1) is 5.41 Å². The summed E-state index contributed by atoms with van der Waals surface area (Å²) in [6.07, 6.45) is 37.1. The van der Waals surface area contributed by atoms with Crippen LogP contribution in [-0.4, -0.2) is 60.9 Å². The second-order valence-electron chi connectivity index (χ2n) is 16.8. The average Bonchev–Trinajstić information content (AvgIpc) is 3.11. The summed E-state index contributed by atoms with van der Waals surface area (Å²) in [6, 6.07) is 0. The van der Waals surface area contributed by atoms with Gasteiger partial charge in [-0.2, -0.15) is 0 Å². The number of aliphatic hydroxyl groups is 1. The fourth-order valence-corrected chi connectivity index (χ4v) is 7.32. The molecule has 0 bridgehead atoms. The van der Waals surface area contributed by atoms with E-state index in [-0.39, 0.29) is 30.1 Å². The van der Waals surface area contributed by atoms with E-state index in [1.54, 1.807) is 0 Å². The zero-order valence-corrected chi connectivity index (χ0v) is 35.8. The van der Waals surface area contributed by atoms with Crippen LogP contribution in [0.15, 0.2) is 0 Å². The van der Waals surface area contributed by atoms with E-state index < -0.39 is 0 Å². The highest BCUT2D eigenvalue weighted by Gasteiger charge is 2.24. The third kappa shape index (κ3) is 35.9. The second-order valence-corrected chi connectivity index (χ2v) is 16.8. The molecular formula is C46H91NO5. The van der Waals surface area contributed by atoms with Crippen molar-refractivity contribution in [2.24, 2.45) is 5.41 Å². The van der Waals surface area contributed by atoms with Gasteiger partial charge < -0.3 is 19.5 Å². The lowest BCUT2D eigenvalue weighted by molar-refractivity contribution is -0.152. The monoisotopic (exact) mass is 738 g/mol. The number of ether oxygens (including phenoxy) is 2. The minimum atomic E-state index is -0.0541. The van der Waals surface area contributed by atoms with Crippen LogP contribution in [0.1, 0.15) is 240 Å². The van der Waals surface area contributed by atoms with Crippen LogP contribution >= 0.6 is 0 Å². The Labute approximate surface area is 324 Å². The highest BCUT2D eigenvalue weighted by Crippen LogP contribution is 2.29. The molecular weight excluding hydrogens is 647 g/mol. The lowest BCUT2D eigenvalue weighted by Crippen LogP contribution is -2.29. The molecule has 0 saturated carbocycles. The van der Waals surface area contributed by atoms with E-state index in [4.69, 9.17) is 9.47 Å². The molecule has 0 aliphatic rings. The molecule has 0 aromatic carbocycles. The Kier molecular flexibility index (Phi) is 37.3. The van der Waals surface area contributed by atoms with Gasteiger partial charge in [0, 0.05) is 13.0 Å². The number of unbranched alkanes of at least 4 members (excludes halogenated alkanes) is 22. The van der Waals surface area contributed by atoms with E-state index in [9.17, 15) is 14.7 Å². The van der Waals surface area contributed by atoms with Crippen molar-refractivity contribution in [3.63, 3.8) is 0 Å². The van der Waals surface area contributed by atoms with Crippen molar-refractivity contribution < 1.29 is 24.2 Å². The summed E-state index contributed by atoms with van der Waals surface area (Å²) in [7, 11) is 0. The van der Waals surface area contributed by atoms with E-state index in [1.807, 2.05) is 0 Å². The summed E-state index contributed by atoms with van der Waals surface area (Å²) in [5, 5.41) is 9.60. The maximum absolute atomic E-state index is 13.1. The van der Waals surface area contributed by atoms with Crippen molar-refractivity contribution in [3.05, 3.63) is 0 Å². The highest BCUT2D eigenvalue weighted by atomic mass is 16.5. The van der Waals surface area contributed by atoms with Crippen molar-refractivity contribution in [1.82, 2.24) is 4.90 Å². The van der Waals surface area contributed by atoms with Gasteiger partial charge in [-0.1, -0.05) is 169 Å². The van der Waals surface area contributed by atoms with Gasteiger partial charge in [0.1, 0.15) is 6.10 Å². The summed E-state index contributed by atoms with van der Waals surface area (Å²) in [4.78, 5) is 27.6. The summed E-state index contributed by atoms with van der Waals surface area (Å²) < 4.78 is 11.6. The van der Waals surface area contributed by atoms with Gasteiger partial charge in [-0.25, -0.2) is 0 Å². The van der Waals surface area contributed by atoms with Crippen LogP contribution in [0.4, 0.5) is 0 Å². The maximum Gasteiger partial charge on any atom is 0.306 e. The van der Waals surface area contributed by atoms with Crippen LogP contribution in [0.2, 0.25) is 0 Å². The fraction of sp³-hybridized carbons (Fsp3) is 0.957. The lowest BCUT2D eigenvalue weighted by atomic mass is 9.83. The molecule has 0 aliphatic carbocycles. The van der Waals surface area contributed by atoms with Gasteiger partial charge in [0.2, 0.25) is 0 Å². The molecule has 6 nitrogen and oxygen atoms in total. The molecule has 0 unspecified atom stereocenters. The van der Waals surface area contributed by atoms with E-state index in [1.165, 1.54) is 122 Å². The predicted molar refractivity (Wildman–Crippen MR) is 223 cm³/mol. The van der Waals surface area contributed by atoms with E-state index in [0.717, 1.165) is 83.7 Å². The average molecular weight is 738 g/mol. The molecule has 0 heterocycles. The van der Waals surface area contributed by atoms with Crippen LogP contribution in [0.3, 0.4) is 0 Å². The van der Waals surface area contributed by atoms with Crippen molar-refractivity contribution in [3.8, 4) is 0 Å². The van der Waals surface area contributed by atoms with Gasteiger partial charge >= 0.3 is 11.9 Å². The van der Waals surface area contributed by atoms with Gasteiger partial charge in [-0.3, -0.25) is 9.59 Å². The first-order valence-corrected chi connectivity index (χ1v) is 23.0. The number of nitrogens with zero attached hydrogens (tertiary/aromatic N) is 1. The summed E-state index contributed by atoms with van der Waals surface area (Å²) in [5.41, 5.74) is -0.0541. The van der Waals surface area contributed by atoms with Crippen molar-refractivity contribution in [1.29, 1.82) is 0 Å². The minimum Gasteiger partial charge on any atom is -0.466 e. The molecule has 0 saturated heterocycles. The molecule has 0 fully saturated rings. The third-order valence-electron chi connectivity index (χ3n) is 10.8. The smallest absolute Gasteiger partial charge is 0.306 e. The molecule has 52 heavy (non-hydrogen) atoms. The largest absolute Gasteiger partial charge is 0.466 e. The molecule has 1 N–H and O–H groups in total. The van der Waals surface area contributed by atoms with E-state index in [2.05, 4.69) is 39.5 Å². The van der Waals surface area contributed by atoms with Crippen LogP contribution in [0.5, 0.6) is 0 Å². The predicted octanol–water partition coefficient (Wildman–Crippen LogP) is 13.3. The minimum absolute atomic E-state index is 0.00634. The maximum atomic E-state index is 13.1. The normalized spacial score (nSPS) is 11.9. The topological polar surface area (TPSA) is 76.1 Å². The molecule has 0 rings (SSSR count). The molecule has 0 aromatic rings. The van der Waals surface area contributed by atoms with E-state index >= 15 is 0 Å². The second kappa shape index (κ2) is 38.1. The first-order valence-electron chi connectivity index (χ1n) is 23.0. The number of carbonyl (C=O) groups excluding carboxylic acids is 2.